The van der Waals surface area contributed by atoms with Gasteiger partial charge >= 0.3 is 18.2 Å². The second-order valence-corrected chi connectivity index (χ2v) is 8.11. The molecule has 0 radical (unpaired) electrons. The van der Waals surface area contributed by atoms with E-state index in [0.29, 0.717) is 25.3 Å². The largest absolute Gasteiger partial charge is 0.490 e. The molecule has 1 aliphatic carbocycles. The van der Waals surface area contributed by atoms with Crippen molar-refractivity contribution in [1.82, 2.24) is 15.2 Å². The zero-order chi connectivity index (χ0) is 24.9. The molecule has 1 aliphatic heterocycles. The average Bonchev–Trinajstić information content (AvgIpc) is 3.33. The number of anilines is 1. The molecule has 34 heavy (non-hydrogen) atoms. The van der Waals surface area contributed by atoms with Crippen LogP contribution in [-0.2, 0) is 16.1 Å². The Morgan fingerprint density at radius 1 is 1.18 bits per heavy atom. The van der Waals surface area contributed by atoms with Crippen LogP contribution in [0, 0.1) is 17.2 Å². The van der Waals surface area contributed by atoms with Gasteiger partial charge in [-0.3, -0.25) is 9.78 Å². The van der Waals surface area contributed by atoms with E-state index in [2.05, 4.69) is 15.6 Å². The zero-order valence-corrected chi connectivity index (χ0v) is 17.8. The van der Waals surface area contributed by atoms with Crippen LogP contribution in [-0.4, -0.2) is 52.2 Å². The van der Waals surface area contributed by atoms with Crippen molar-refractivity contribution >= 4 is 23.6 Å². The van der Waals surface area contributed by atoms with Crippen LogP contribution in [0.1, 0.15) is 18.4 Å². The molecule has 1 aromatic heterocycles. The molecular formula is C22H22F4N4O4. The molecule has 0 bridgehead atoms. The number of benzene rings is 1. The number of urea groups is 1. The summed E-state index contributed by atoms with van der Waals surface area (Å²) in [5.74, 6) is -3.10. The van der Waals surface area contributed by atoms with Gasteiger partial charge in [0.15, 0.2) is 0 Å². The standard InChI is InChI=1S/C20H21FN4O2.C2HF3O2/c21-15-3-5-16(6-4-15)24-19(27)25-9-7-20(13-25)10-17(20)18(26)23-12-14-2-1-8-22-11-14;3-2(4,5)1(6)7/h1-6,8,11,17H,7,9-10,12-13H2,(H,23,26)(H,24,27);(H,6,7). The maximum atomic E-state index is 13.0. The second kappa shape index (κ2) is 10.1. The Hall–Kier alpha value is -3.70. The van der Waals surface area contributed by atoms with Gasteiger partial charge in [-0.2, -0.15) is 13.2 Å². The quantitative estimate of drug-likeness (QED) is 0.579. The van der Waals surface area contributed by atoms with E-state index in [9.17, 15) is 27.2 Å². The Morgan fingerprint density at radius 2 is 1.85 bits per heavy atom. The Labute approximate surface area is 192 Å². The van der Waals surface area contributed by atoms with Crippen molar-refractivity contribution in [2.45, 2.75) is 25.6 Å². The van der Waals surface area contributed by atoms with Gasteiger partial charge in [-0.25, -0.2) is 14.0 Å². The summed E-state index contributed by atoms with van der Waals surface area (Å²) in [6.07, 6.45) is -0.00758. The first-order valence-corrected chi connectivity index (χ1v) is 10.3. The normalized spacial score (nSPS) is 20.8. The molecular weight excluding hydrogens is 460 g/mol. The minimum absolute atomic E-state index is 0.0413. The number of likely N-dealkylation sites (tertiary alicyclic amines) is 1. The molecule has 12 heteroatoms. The van der Waals surface area contributed by atoms with E-state index in [1.54, 1.807) is 17.3 Å². The van der Waals surface area contributed by atoms with Crippen LogP contribution in [0.5, 0.6) is 0 Å². The molecule has 3 amide bonds. The van der Waals surface area contributed by atoms with Gasteiger partial charge in [0.1, 0.15) is 5.82 Å². The minimum atomic E-state index is -5.08. The number of carboxylic acid groups (broad SMARTS) is 1. The van der Waals surface area contributed by atoms with E-state index in [4.69, 9.17) is 9.90 Å². The topological polar surface area (TPSA) is 112 Å². The lowest BCUT2D eigenvalue weighted by Gasteiger charge is -2.17. The summed E-state index contributed by atoms with van der Waals surface area (Å²) in [6.45, 7) is 1.67. The number of hydrogen-bond acceptors (Lipinski definition) is 4. The van der Waals surface area contributed by atoms with E-state index in [1.165, 1.54) is 24.3 Å². The lowest BCUT2D eigenvalue weighted by Crippen LogP contribution is -2.34. The van der Waals surface area contributed by atoms with Gasteiger partial charge in [-0.15, -0.1) is 0 Å². The highest BCUT2D eigenvalue weighted by Crippen LogP contribution is 2.58. The highest BCUT2D eigenvalue weighted by Gasteiger charge is 2.61. The number of nitrogens with one attached hydrogen (secondary N) is 2. The molecule has 2 atom stereocenters. The van der Waals surface area contributed by atoms with Crippen LogP contribution in [0.15, 0.2) is 48.8 Å². The number of rotatable bonds is 4. The number of hydrogen-bond donors (Lipinski definition) is 3. The lowest BCUT2D eigenvalue weighted by molar-refractivity contribution is -0.192. The first-order chi connectivity index (χ1) is 16.0. The summed E-state index contributed by atoms with van der Waals surface area (Å²) in [4.78, 5) is 39.5. The summed E-state index contributed by atoms with van der Waals surface area (Å²) in [5.41, 5.74) is 1.43. The third kappa shape index (κ3) is 6.42. The average molecular weight is 482 g/mol. The van der Waals surface area contributed by atoms with Crippen molar-refractivity contribution in [2.24, 2.45) is 11.3 Å². The van der Waals surface area contributed by atoms with Crippen LogP contribution >= 0.6 is 0 Å². The summed E-state index contributed by atoms with van der Waals surface area (Å²) in [7, 11) is 0. The van der Waals surface area contributed by atoms with E-state index >= 15 is 0 Å². The molecule has 2 unspecified atom stereocenters. The van der Waals surface area contributed by atoms with Crippen molar-refractivity contribution in [3.63, 3.8) is 0 Å². The maximum Gasteiger partial charge on any atom is 0.490 e. The van der Waals surface area contributed by atoms with Gasteiger partial charge in [-0.1, -0.05) is 6.07 Å². The maximum absolute atomic E-state index is 13.0. The van der Waals surface area contributed by atoms with Gasteiger partial charge in [-0.05, 0) is 48.7 Å². The van der Waals surface area contributed by atoms with Crippen LogP contribution in [0.2, 0.25) is 0 Å². The highest BCUT2D eigenvalue weighted by atomic mass is 19.4. The molecule has 182 valence electrons. The number of nitrogens with zero attached hydrogens (tertiary/aromatic N) is 2. The van der Waals surface area contributed by atoms with E-state index in [1.807, 2.05) is 12.1 Å². The Kier molecular flexibility index (Phi) is 7.38. The number of pyridine rings is 1. The summed E-state index contributed by atoms with van der Waals surface area (Å²) in [5, 5.41) is 12.9. The van der Waals surface area contributed by atoms with E-state index in [0.717, 1.165) is 18.4 Å². The predicted molar refractivity (Wildman–Crippen MR) is 112 cm³/mol. The Balaban J connectivity index is 0.000000406. The number of alkyl halides is 3. The summed E-state index contributed by atoms with van der Waals surface area (Å²) >= 11 is 0. The molecule has 1 saturated carbocycles. The highest BCUT2D eigenvalue weighted by molar-refractivity contribution is 5.90. The van der Waals surface area contributed by atoms with E-state index in [-0.39, 0.29) is 29.1 Å². The Morgan fingerprint density at radius 3 is 2.44 bits per heavy atom. The van der Waals surface area contributed by atoms with Crippen molar-refractivity contribution in [2.75, 3.05) is 18.4 Å². The smallest absolute Gasteiger partial charge is 0.475 e. The molecule has 4 rings (SSSR count). The zero-order valence-electron chi connectivity index (χ0n) is 17.8. The molecule has 2 aliphatic rings. The predicted octanol–water partition coefficient (Wildman–Crippen LogP) is 3.41. The molecule has 8 nitrogen and oxygen atoms in total. The fraction of sp³-hybridized carbons (Fsp3) is 0.364. The summed E-state index contributed by atoms with van der Waals surface area (Å²) in [6, 6.07) is 9.24. The first-order valence-electron chi connectivity index (χ1n) is 10.3. The van der Waals surface area contributed by atoms with Gasteiger partial charge in [0.2, 0.25) is 5.91 Å². The minimum Gasteiger partial charge on any atom is -0.475 e. The lowest BCUT2D eigenvalue weighted by atomic mass is 10.0. The van der Waals surface area contributed by atoms with Gasteiger partial charge in [0, 0.05) is 49.0 Å². The molecule has 1 spiro atoms. The van der Waals surface area contributed by atoms with Crippen molar-refractivity contribution in [1.29, 1.82) is 0 Å². The number of carbonyl (C=O) groups excluding carboxylic acids is 2. The third-order valence-corrected chi connectivity index (χ3v) is 5.71. The number of aromatic nitrogens is 1. The Bertz CT molecular complexity index is 1030. The van der Waals surface area contributed by atoms with Crippen molar-refractivity contribution in [3.8, 4) is 0 Å². The van der Waals surface area contributed by atoms with E-state index < -0.39 is 12.1 Å². The van der Waals surface area contributed by atoms with Crippen molar-refractivity contribution in [3.05, 3.63) is 60.2 Å². The molecule has 2 aromatic rings. The van der Waals surface area contributed by atoms with Gasteiger partial charge in [0.25, 0.3) is 0 Å². The van der Waals surface area contributed by atoms with Crippen molar-refractivity contribution < 1.29 is 37.1 Å². The summed E-state index contributed by atoms with van der Waals surface area (Å²) < 4.78 is 44.7. The van der Waals surface area contributed by atoms with Crippen LogP contribution < -0.4 is 10.6 Å². The number of amides is 3. The second-order valence-electron chi connectivity index (χ2n) is 8.11. The number of carbonyl (C=O) groups is 3. The monoisotopic (exact) mass is 482 g/mol. The van der Waals surface area contributed by atoms with Crippen LogP contribution in [0.25, 0.3) is 0 Å². The molecule has 3 N–H and O–H groups in total. The van der Waals surface area contributed by atoms with Crippen LogP contribution in [0.3, 0.4) is 0 Å². The third-order valence-electron chi connectivity index (χ3n) is 5.71. The number of carboxylic acids is 1. The molecule has 2 heterocycles. The number of aliphatic carboxylic acids is 1. The molecule has 1 saturated heterocycles. The first kappa shape index (κ1) is 24.9. The molecule has 2 fully saturated rings. The fourth-order valence-electron chi connectivity index (χ4n) is 3.79. The fourth-order valence-corrected chi connectivity index (χ4v) is 3.79. The SMILES string of the molecule is O=C(NCc1cccnc1)C1CC12CCN(C(=O)Nc1ccc(F)cc1)C2.O=C(O)C(F)(F)F. The molecule has 1 aromatic carbocycles. The number of halogens is 4. The van der Waals surface area contributed by atoms with Crippen LogP contribution in [0.4, 0.5) is 28.0 Å². The van der Waals surface area contributed by atoms with Gasteiger partial charge < -0.3 is 20.6 Å². The van der Waals surface area contributed by atoms with Gasteiger partial charge in [0.05, 0.1) is 0 Å².